The van der Waals surface area contributed by atoms with Crippen LogP contribution < -0.4 is 10.1 Å². The van der Waals surface area contributed by atoms with Crippen LogP contribution in [0, 0.1) is 13.8 Å². The number of aryl methyl sites for hydroxylation is 2. The van der Waals surface area contributed by atoms with E-state index in [9.17, 15) is 9.90 Å². The van der Waals surface area contributed by atoms with Gasteiger partial charge < -0.3 is 15.2 Å². The van der Waals surface area contributed by atoms with E-state index in [0.717, 1.165) is 42.6 Å². The predicted octanol–water partition coefficient (Wildman–Crippen LogP) is 2.49. The van der Waals surface area contributed by atoms with E-state index in [4.69, 9.17) is 4.74 Å². The monoisotopic (exact) mass is 291 g/mol. The average molecular weight is 291 g/mol. The molecule has 0 radical (unpaired) electrons. The number of benzene rings is 1. The first kappa shape index (κ1) is 15.8. The summed E-state index contributed by atoms with van der Waals surface area (Å²) < 4.78 is 5.69. The number of aliphatic hydroxyl groups excluding tert-OH is 1. The molecule has 0 heterocycles. The lowest BCUT2D eigenvalue weighted by Gasteiger charge is -2.26. The Kier molecular flexibility index (Phi) is 5.62. The van der Waals surface area contributed by atoms with Gasteiger partial charge in [-0.05, 0) is 56.7 Å². The van der Waals surface area contributed by atoms with E-state index in [1.54, 1.807) is 0 Å². The van der Waals surface area contributed by atoms with Crippen LogP contribution >= 0.6 is 0 Å². The Hall–Kier alpha value is -1.55. The van der Waals surface area contributed by atoms with Crippen molar-refractivity contribution in [3.8, 4) is 5.75 Å². The number of hydrogen-bond donors (Lipinski definition) is 2. The molecule has 0 bridgehead atoms. The number of carbonyl (C=O) groups is 1. The molecule has 1 fully saturated rings. The highest BCUT2D eigenvalue weighted by Gasteiger charge is 2.20. The first-order valence-electron chi connectivity index (χ1n) is 7.72. The first-order valence-corrected chi connectivity index (χ1v) is 7.72. The zero-order chi connectivity index (χ0) is 15.2. The van der Waals surface area contributed by atoms with E-state index in [1.165, 1.54) is 0 Å². The first-order chi connectivity index (χ1) is 10.0. The van der Waals surface area contributed by atoms with Crippen LogP contribution in [-0.2, 0) is 4.79 Å². The smallest absolute Gasteiger partial charge is 0.223 e. The van der Waals surface area contributed by atoms with Gasteiger partial charge in [-0.1, -0.05) is 12.1 Å². The molecule has 1 aromatic carbocycles. The number of nitrogens with one attached hydrogen (secondary N) is 1. The van der Waals surface area contributed by atoms with Crippen molar-refractivity contribution in [3.63, 3.8) is 0 Å². The summed E-state index contributed by atoms with van der Waals surface area (Å²) in [6.45, 7) is 4.42. The van der Waals surface area contributed by atoms with Crippen molar-refractivity contribution in [3.05, 3.63) is 29.3 Å². The molecule has 1 aromatic rings. The highest BCUT2D eigenvalue weighted by Crippen LogP contribution is 2.20. The van der Waals surface area contributed by atoms with Crippen LogP contribution in [0.5, 0.6) is 5.75 Å². The van der Waals surface area contributed by atoms with Gasteiger partial charge >= 0.3 is 0 Å². The van der Waals surface area contributed by atoms with Crippen molar-refractivity contribution in [1.29, 1.82) is 0 Å². The van der Waals surface area contributed by atoms with Gasteiger partial charge in [0.2, 0.25) is 5.91 Å². The molecule has 0 atom stereocenters. The summed E-state index contributed by atoms with van der Waals surface area (Å²) in [7, 11) is 0. The second-order valence-electron chi connectivity index (χ2n) is 5.94. The Balaban J connectivity index is 1.70. The maximum absolute atomic E-state index is 11.9. The second-order valence-corrected chi connectivity index (χ2v) is 5.94. The summed E-state index contributed by atoms with van der Waals surface area (Å²) in [6.07, 6.45) is 3.47. The van der Waals surface area contributed by atoms with E-state index in [0.29, 0.717) is 13.0 Å². The number of ether oxygens (including phenoxy) is 1. The van der Waals surface area contributed by atoms with Gasteiger partial charge in [-0.2, -0.15) is 0 Å². The maximum atomic E-state index is 11.9. The van der Waals surface area contributed by atoms with Crippen LogP contribution in [0.1, 0.15) is 43.2 Å². The third-order valence-electron chi connectivity index (χ3n) is 3.99. The Labute approximate surface area is 126 Å². The van der Waals surface area contributed by atoms with Crippen LogP contribution in [0.3, 0.4) is 0 Å². The standard InChI is InChI=1S/C17H25NO3/c1-12-3-4-13(2)16(11-12)21-10-9-17(20)18-14-5-7-15(19)8-6-14/h3-4,11,14-15,19H,5-10H2,1-2H3,(H,18,20). The van der Waals surface area contributed by atoms with Crippen LogP contribution in [0.4, 0.5) is 0 Å². The molecule has 1 amide bonds. The minimum Gasteiger partial charge on any atom is -0.493 e. The summed E-state index contributed by atoms with van der Waals surface area (Å²) in [5.41, 5.74) is 2.24. The minimum absolute atomic E-state index is 0.0293. The van der Waals surface area contributed by atoms with Crippen molar-refractivity contribution in [2.45, 2.75) is 58.1 Å². The number of amides is 1. The normalized spacial score (nSPS) is 21.9. The van der Waals surface area contributed by atoms with Gasteiger partial charge in [-0.15, -0.1) is 0 Å². The number of aliphatic hydroxyl groups is 1. The maximum Gasteiger partial charge on any atom is 0.223 e. The van der Waals surface area contributed by atoms with Crippen LogP contribution in [0.15, 0.2) is 18.2 Å². The fourth-order valence-electron chi connectivity index (χ4n) is 2.64. The summed E-state index contributed by atoms with van der Waals surface area (Å²) >= 11 is 0. The largest absolute Gasteiger partial charge is 0.493 e. The zero-order valence-electron chi connectivity index (χ0n) is 12.9. The van der Waals surface area contributed by atoms with Crippen molar-refractivity contribution >= 4 is 5.91 Å². The minimum atomic E-state index is -0.189. The molecule has 2 rings (SSSR count). The third-order valence-corrected chi connectivity index (χ3v) is 3.99. The van der Waals surface area contributed by atoms with E-state index in [-0.39, 0.29) is 18.1 Å². The number of rotatable bonds is 5. The molecular formula is C17H25NO3. The SMILES string of the molecule is Cc1ccc(C)c(OCCC(=O)NC2CCC(O)CC2)c1. The molecule has 1 aliphatic rings. The van der Waals surface area contributed by atoms with Gasteiger partial charge in [-0.25, -0.2) is 0 Å². The van der Waals surface area contributed by atoms with E-state index >= 15 is 0 Å². The van der Waals surface area contributed by atoms with E-state index in [1.807, 2.05) is 32.0 Å². The number of hydrogen-bond acceptors (Lipinski definition) is 3. The fraction of sp³-hybridized carbons (Fsp3) is 0.588. The fourth-order valence-corrected chi connectivity index (χ4v) is 2.64. The lowest BCUT2D eigenvalue weighted by Crippen LogP contribution is -2.39. The molecule has 4 heteroatoms. The Morgan fingerprint density at radius 3 is 2.71 bits per heavy atom. The van der Waals surface area contributed by atoms with Crippen molar-refractivity contribution in [2.24, 2.45) is 0 Å². The molecule has 0 aromatic heterocycles. The molecular weight excluding hydrogens is 266 g/mol. The zero-order valence-corrected chi connectivity index (χ0v) is 12.9. The van der Waals surface area contributed by atoms with Crippen LogP contribution in [0.2, 0.25) is 0 Å². The molecule has 1 saturated carbocycles. The molecule has 21 heavy (non-hydrogen) atoms. The van der Waals surface area contributed by atoms with Gasteiger partial charge in [0.15, 0.2) is 0 Å². The van der Waals surface area contributed by atoms with Crippen LogP contribution in [-0.4, -0.2) is 29.8 Å². The molecule has 1 aliphatic carbocycles. The topological polar surface area (TPSA) is 58.6 Å². The highest BCUT2D eigenvalue weighted by molar-refractivity contribution is 5.76. The molecule has 0 unspecified atom stereocenters. The molecule has 2 N–H and O–H groups in total. The van der Waals surface area contributed by atoms with E-state index in [2.05, 4.69) is 5.32 Å². The third kappa shape index (κ3) is 5.05. The molecule has 0 spiro atoms. The summed E-state index contributed by atoms with van der Waals surface area (Å²) in [6, 6.07) is 6.28. The molecule has 116 valence electrons. The Morgan fingerprint density at radius 1 is 1.29 bits per heavy atom. The van der Waals surface area contributed by atoms with Crippen molar-refractivity contribution in [2.75, 3.05) is 6.61 Å². The van der Waals surface area contributed by atoms with E-state index < -0.39 is 0 Å². The summed E-state index contributed by atoms with van der Waals surface area (Å²) in [5, 5.41) is 12.5. The molecule has 4 nitrogen and oxygen atoms in total. The second kappa shape index (κ2) is 7.46. The van der Waals surface area contributed by atoms with Gasteiger partial charge in [0.1, 0.15) is 5.75 Å². The lowest BCUT2D eigenvalue weighted by molar-refractivity contribution is -0.122. The van der Waals surface area contributed by atoms with Crippen molar-refractivity contribution in [1.82, 2.24) is 5.32 Å². The summed E-state index contributed by atoms with van der Waals surface area (Å²) in [4.78, 5) is 11.9. The average Bonchev–Trinajstić information content (AvgIpc) is 2.45. The quantitative estimate of drug-likeness (QED) is 0.876. The van der Waals surface area contributed by atoms with Gasteiger partial charge in [0.05, 0.1) is 19.1 Å². The van der Waals surface area contributed by atoms with Gasteiger partial charge in [0.25, 0.3) is 0 Å². The molecule has 0 saturated heterocycles. The Bertz CT molecular complexity index is 479. The number of carbonyl (C=O) groups excluding carboxylic acids is 1. The summed E-state index contributed by atoms with van der Waals surface area (Å²) in [5.74, 6) is 0.880. The van der Waals surface area contributed by atoms with Gasteiger partial charge in [0, 0.05) is 6.04 Å². The Morgan fingerprint density at radius 2 is 2.00 bits per heavy atom. The van der Waals surface area contributed by atoms with Crippen molar-refractivity contribution < 1.29 is 14.6 Å². The lowest BCUT2D eigenvalue weighted by atomic mass is 9.93. The predicted molar refractivity (Wildman–Crippen MR) is 82.4 cm³/mol. The molecule has 0 aliphatic heterocycles. The highest BCUT2D eigenvalue weighted by atomic mass is 16.5. The van der Waals surface area contributed by atoms with Gasteiger partial charge in [-0.3, -0.25) is 4.79 Å². The van der Waals surface area contributed by atoms with Crippen LogP contribution in [0.25, 0.3) is 0 Å².